The van der Waals surface area contributed by atoms with Crippen LogP contribution in [0.3, 0.4) is 0 Å². The molecule has 0 radical (unpaired) electrons. The van der Waals surface area contributed by atoms with Gasteiger partial charge in [0.05, 0.1) is 68.3 Å². The van der Waals surface area contributed by atoms with Crippen molar-refractivity contribution in [1.29, 1.82) is 15.8 Å². The molecule has 98 heavy (non-hydrogen) atoms. The molecule has 0 aliphatic heterocycles. The lowest BCUT2D eigenvalue weighted by atomic mass is 9.98. The fourth-order valence-electron chi connectivity index (χ4n) is 13.8. The van der Waals surface area contributed by atoms with E-state index in [1.165, 1.54) is 0 Å². The first-order chi connectivity index (χ1) is 48.4. The van der Waals surface area contributed by atoms with Gasteiger partial charge in [-0.05, 0) is 187 Å². The summed E-state index contributed by atoms with van der Waals surface area (Å²) in [7, 11) is 0. The Hall–Kier alpha value is -13.8. The van der Waals surface area contributed by atoms with Crippen molar-refractivity contribution in [3.05, 3.63) is 344 Å². The third-order valence-electron chi connectivity index (χ3n) is 18.7. The molecule has 3 aromatic heterocycles. The molecule has 8 heteroatoms. The fourth-order valence-corrected chi connectivity index (χ4v) is 13.8. The SMILES string of the molecule is N#Cc1ccc(-c2ccc(-c3nc(-c4cc(-c5cccc(C#N)c5)ccc4-n4c5ccc(-c6ccccc6)cc5c5cc(-c6ccccc6)ccc54)nc(-c4cc(-c5cccc(C#N)c5)ccc4-n4c5ccc(-c6ccccc6)cc5c5cc(-c6ccccc6)ccc54)n3)cc2)cc1. The van der Waals surface area contributed by atoms with E-state index < -0.39 is 0 Å². The third-order valence-corrected chi connectivity index (χ3v) is 18.7. The summed E-state index contributed by atoms with van der Waals surface area (Å²) in [4.78, 5) is 17.1. The van der Waals surface area contributed by atoms with Crippen molar-refractivity contribution in [2.24, 2.45) is 0 Å². The lowest BCUT2D eigenvalue weighted by Crippen LogP contribution is -2.06. The van der Waals surface area contributed by atoms with E-state index in [-0.39, 0.29) is 0 Å². The number of benzene rings is 14. The van der Waals surface area contributed by atoms with Gasteiger partial charge >= 0.3 is 0 Å². The Kier molecular flexibility index (Phi) is 14.5. The molecular formula is C90H54N8. The Morgan fingerprint density at radius 2 is 0.469 bits per heavy atom. The molecule has 0 atom stereocenters. The molecule has 0 aliphatic rings. The maximum Gasteiger partial charge on any atom is 0.166 e. The number of nitriles is 3. The molecule has 0 saturated heterocycles. The van der Waals surface area contributed by atoms with Crippen molar-refractivity contribution in [3.8, 4) is 142 Å². The van der Waals surface area contributed by atoms with Gasteiger partial charge < -0.3 is 9.13 Å². The topological polar surface area (TPSA) is 120 Å². The second kappa shape index (κ2) is 24.6. The number of hydrogen-bond donors (Lipinski definition) is 0. The molecule has 0 amide bonds. The van der Waals surface area contributed by atoms with Gasteiger partial charge in [-0.1, -0.05) is 218 Å². The number of fused-ring (bicyclic) bond motifs is 6. The highest BCUT2D eigenvalue weighted by atomic mass is 15.1. The quantitative estimate of drug-likeness (QED) is 0.120. The average Bonchev–Trinajstić information content (AvgIpc) is 1.72. The zero-order valence-electron chi connectivity index (χ0n) is 52.8. The van der Waals surface area contributed by atoms with Crippen LogP contribution in [0, 0.1) is 34.0 Å². The second-order valence-electron chi connectivity index (χ2n) is 24.5. The minimum Gasteiger partial charge on any atom is -0.308 e. The van der Waals surface area contributed by atoms with E-state index in [0.29, 0.717) is 34.2 Å². The highest BCUT2D eigenvalue weighted by molar-refractivity contribution is 6.14. The van der Waals surface area contributed by atoms with Gasteiger partial charge in [-0.2, -0.15) is 15.8 Å². The zero-order chi connectivity index (χ0) is 65.6. The lowest BCUT2D eigenvalue weighted by Gasteiger charge is -2.18. The molecule has 454 valence electrons. The summed E-state index contributed by atoms with van der Waals surface area (Å²) in [5.74, 6) is 1.26. The van der Waals surface area contributed by atoms with Gasteiger partial charge in [-0.25, -0.2) is 15.0 Å². The average molecular weight is 1250 g/mol. The zero-order valence-corrected chi connectivity index (χ0v) is 52.8. The maximum absolute atomic E-state index is 10.3. The Balaban J connectivity index is 0.961. The first-order valence-electron chi connectivity index (χ1n) is 32.5. The van der Waals surface area contributed by atoms with E-state index in [1.54, 1.807) is 0 Å². The van der Waals surface area contributed by atoms with Gasteiger partial charge in [0.15, 0.2) is 17.5 Å². The van der Waals surface area contributed by atoms with Crippen molar-refractivity contribution in [2.75, 3.05) is 0 Å². The van der Waals surface area contributed by atoms with E-state index in [9.17, 15) is 15.8 Å². The van der Waals surface area contributed by atoms with Gasteiger partial charge in [0.1, 0.15) is 0 Å². The van der Waals surface area contributed by atoms with Crippen molar-refractivity contribution in [1.82, 2.24) is 24.1 Å². The van der Waals surface area contributed by atoms with Crippen LogP contribution in [0.25, 0.3) is 167 Å². The molecule has 17 rings (SSSR count). The summed E-state index contributed by atoms with van der Waals surface area (Å²) < 4.78 is 4.68. The summed E-state index contributed by atoms with van der Waals surface area (Å²) in [5, 5.41) is 34.6. The normalized spacial score (nSPS) is 11.2. The summed E-state index contributed by atoms with van der Waals surface area (Å²) in [6, 6.07) is 120. The van der Waals surface area contributed by atoms with Gasteiger partial charge in [-0.15, -0.1) is 0 Å². The number of hydrogen-bond acceptors (Lipinski definition) is 6. The molecule has 3 heterocycles. The van der Waals surface area contributed by atoms with Gasteiger partial charge in [0.2, 0.25) is 0 Å². The van der Waals surface area contributed by atoms with E-state index in [1.807, 2.05) is 97.1 Å². The fraction of sp³-hybridized carbons (Fsp3) is 0. The van der Waals surface area contributed by atoms with Crippen molar-refractivity contribution >= 4 is 43.6 Å². The third kappa shape index (κ3) is 10.6. The molecular weight excluding hydrogens is 1190 g/mol. The van der Waals surface area contributed by atoms with Crippen LogP contribution < -0.4 is 0 Å². The lowest BCUT2D eigenvalue weighted by molar-refractivity contribution is 1.06. The molecule has 0 N–H and O–H groups in total. The van der Waals surface area contributed by atoms with E-state index in [2.05, 4.69) is 258 Å². The molecule has 0 fully saturated rings. The largest absolute Gasteiger partial charge is 0.308 e. The van der Waals surface area contributed by atoms with Crippen LogP contribution in [0.15, 0.2) is 328 Å². The predicted octanol–water partition coefficient (Wildman–Crippen LogP) is 22.4. The highest BCUT2D eigenvalue weighted by Crippen LogP contribution is 2.45. The molecule has 14 aromatic carbocycles. The standard InChI is InChI=1S/C90H54N8/c91-55-58-27-29-65(30-28-58)66-31-33-67(34-32-66)88-94-89(80-53-74(68-25-13-15-59(47-68)56-92)39-45-86(80)97-82-41-35-70(61-17-5-1-6-18-61)49-76(82)77-50-71(36-42-83(77)97)62-19-7-2-8-20-62)96-90(95-88)81-54-75(69-26-14-16-60(48-69)57-93)40-46-87(81)98-84-43-37-72(63-21-9-3-10-22-63)51-78(84)79-52-73(38-44-85(79)98)64-23-11-4-12-24-64/h1-54H. The number of aromatic nitrogens is 5. The number of rotatable bonds is 12. The Morgan fingerprint density at radius 1 is 0.204 bits per heavy atom. The monoisotopic (exact) mass is 1250 g/mol. The summed E-state index contributed by atoms with van der Waals surface area (Å²) in [5.41, 5.74) is 23.7. The van der Waals surface area contributed by atoms with Crippen LogP contribution in [-0.2, 0) is 0 Å². The maximum atomic E-state index is 10.3. The van der Waals surface area contributed by atoms with Crippen LogP contribution in [0.5, 0.6) is 0 Å². The van der Waals surface area contributed by atoms with Gasteiger partial charge in [-0.3, -0.25) is 0 Å². The van der Waals surface area contributed by atoms with Gasteiger partial charge in [0, 0.05) is 38.2 Å². The molecule has 0 saturated carbocycles. The number of nitrogens with zero attached hydrogens (tertiary/aromatic N) is 8. The van der Waals surface area contributed by atoms with Crippen LogP contribution in [0.1, 0.15) is 16.7 Å². The predicted molar refractivity (Wildman–Crippen MR) is 397 cm³/mol. The smallest absolute Gasteiger partial charge is 0.166 e. The van der Waals surface area contributed by atoms with Crippen LogP contribution in [0.2, 0.25) is 0 Å². The van der Waals surface area contributed by atoms with Crippen molar-refractivity contribution in [3.63, 3.8) is 0 Å². The Bertz CT molecular complexity index is 5590. The molecule has 17 aromatic rings. The van der Waals surface area contributed by atoms with Crippen LogP contribution in [-0.4, -0.2) is 24.1 Å². The van der Waals surface area contributed by atoms with Crippen molar-refractivity contribution in [2.45, 2.75) is 0 Å². The first-order valence-corrected chi connectivity index (χ1v) is 32.5. The molecule has 0 aliphatic carbocycles. The van der Waals surface area contributed by atoms with E-state index in [0.717, 1.165) is 150 Å². The highest BCUT2D eigenvalue weighted by Gasteiger charge is 2.25. The minimum atomic E-state index is 0.413. The summed E-state index contributed by atoms with van der Waals surface area (Å²) >= 11 is 0. The summed E-state index contributed by atoms with van der Waals surface area (Å²) in [6.45, 7) is 0. The Labute approximate surface area is 566 Å². The first kappa shape index (κ1) is 58.0. The van der Waals surface area contributed by atoms with Crippen LogP contribution in [0.4, 0.5) is 0 Å². The van der Waals surface area contributed by atoms with Gasteiger partial charge in [0.25, 0.3) is 0 Å². The second-order valence-corrected chi connectivity index (χ2v) is 24.5. The molecule has 0 unspecified atom stereocenters. The summed E-state index contributed by atoms with van der Waals surface area (Å²) in [6.07, 6.45) is 0. The molecule has 0 bridgehead atoms. The minimum absolute atomic E-state index is 0.413. The van der Waals surface area contributed by atoms with E-state index in [4.69, 9.17) is 15.0 Å². The Morgan fingerprint density at radius 3 is 0.816 bits per heavy atom. The van der Waals surface area contributed by atoms with Crippen LogP contribution >= 0.6 is 0 Å². The molecule has 8 nitrogen and oxygen atoms in total. The van der Waals surface area contributed by atoms with E-state index >= 15 is 0 Å². The molecule has 0 spiro atoms. The van der Waals surface area contributed by atoms with Crippen molar-refractivity contribution < 1.29 is 0 Å².